The maximum Gasteiger partial charge on any atom is 0.225 e. The van der Waals surface area contributed by atoms with Crippen molar-refractivity contribution in [3.63, 3.8) is 0 Å². The second kappa shape index (κ2) is 6.55. The van der Waals surface area contributed by atoms with Gasteiger partial charge in [0.1, 0.15) is 0 Å². The predicted octanol–water partition coefficient (Wildman–Crippen LogP) is 1.82. The molecule has 0 atom stereocenters. The summed E-state index contributed by atoms with van der Waals surface area (Å²) in [5.41, 5.74) is 6.88. The smallest absolute Gasteiger partial charge is 0.225 e. The molecule has 18 heavy (non-hydrogen) atoms. The first-order valence-electron chi connectivity index (χ1n) is 6.84. The van der Waals surface area contributed by atoms with Crippen LogP contribution in [0.2, 0.25) is 0 Å². The number of nitrogens with two attached hydrogens (primary N) is 1. The third-order valence-electron chi connectivity index (χ3n) is 3.68. The predicted molar refractivity (Wildman–Crippen MR) is 73.1 cm³/mol. The second-order valence-electron chi connectivity index (χ2n) is 4.98. The van der Waals surface area contributed by atoms with Gasteiger partial charge in [-0.15, -0.1) is 0 Å². The summed E-state index contributed by atoms with van der Waals surface area (Å²) in [6.07, 6.45) is 4.24. The van der Waals surface area contributed by atoms with Gasteiger partial charge < -0.3 is 10.6 Å². The Morgan fingerprint density at radius 1 is 1.22 bits per heavy atom. The average Bonchev–Trinajstić information content (AvgIpc) is 2.33. The van der Waals surface area contributed by atoms with E-state index in [2.05, 4.69) is 12.1 Å². The molecule has 3 nitrogen and oxygen atoms in total. The minimum atomic E-state index is 0.271. The first-order valence-corrected chi connectivity index (χ1v) is 6.84. The van der Waals surface area contributed by atoms with Crippen molar-refractivity contribution in [2.75, 3.05) is 19.6 Å². The standard InChI is InChI=1S/C15H22N2O/c16-10-12-17(15(18)14-7-4-8-14)11-9-13-5-2-1-3-6-13/h1-3,5-6,14H,4,7-12,16H2. The van der Waals surface area contributed by atoms with Crippen molar-refractivity contribution >= 4 is 5.91 Å². The molecule has 1 aromatic rings. The zero-order valence-electron chi connectivity index (χ0n) is 10.8. The lowest BCUT2D eigenvalue weighted by Gasteiger charge is -2.31. The van der Waals surface area contributed by atoms with Crippen LogP contribution in [-0.2, 0) is 11.2 Å². The summed E-state index contributed by atoms with van der Waals surface area (Å²) in [6.45, 7) is 2.02. The highest BCUT2D eigenvalue weighted by Crippen LogP contribution is 2.28. The molecule has 1 aromatic carbocycles. The van der Waals surface area contributed by atoms with Crippen LogP contribution in [0.1, 0.15) is 24.8 Å². The first kappa shape index (κ1) is 13.1. The fourth-order valence-electron chi connectivity index (χ4n) is 2.31. The van der Waals surface area contributed by atoms with Crippen molar-refractivity contribution in [3.8, 4) is 0 Å². The van der Waals surface area contributed by atoms with Crippen LogP contribution in [-0.4, -0.2) is 30.4 Å². The molecule has 0 saturated heterocycles. The monoisotopic (exact) mass is 246 g/mol. The van der Waals surface area contributed by atoms with Crippen LogP contribution in [0.4, 0.5) is 0 Å². The molecule has 1 aliphatic carbocycles. The highest BCUT2D eigenvalue weighted by Gasteiger charge is 2.28. The van der Waals surface area contributed by atoms with Crippen LogP contribution in [0, 0.1) is 5.92 Å². The van der Waals surface area contributed by atoms with Gasteiger partial charge >= 0.3 is 0 Å². The molecule has 0 unspecified atom stereocenters. The van der Waals surface area contributed by atoms with Crippen LogP contribution in [0.5, 0.6) is 0 Å². The summed E-state index contributed by atoms with van der Waals surface area (Å²) in [6, 6.07) is 10.3. The molecular weight excluding hydrogens is 224 g/mol. The summed E-state index contributed by atoms with van der Waals surface area (Å²) < 4.78 is 0. The minimum absolute atomic E-state index is 0.271. The zero-order chi connectivity index (χ0) is 12.8. The van der Waals surface area contributed by atoms with Gasteiger partial charge in [0.2, 0.25) is 5.91 Å². The molecule has 1 aliphatic rings. The van der Waals surface area contributed by atoms with E-state index in [1.165, 1.54) is 12.0 Å². The normalized spacial score (nSPS) is 15.2. The van der Waals surface area contributed by atoms with E-state index in [1.54, 1.807) is 0 Å². The van der Waals surface area contributed by atoms with Crippen LogP contribution < -0.4 is 5.73 Å². The van der Waals surface area contributed by atoms with Gasteiger partial charge in [0.05, 0.1) is 0 Å². The summed E-state index contributed by atoms with van der Waals surface area (Å²) in [7, 11) is 0. The molecule has 0 heterocycles. The summed E-state index contributed by atoms with van der Waals surface area (Å²) in [5, 5.41) is 0. The molecular formula is C15H22N2O. The van der Waals surface area contributed by atoms with Crippen LogP contribution in [0.25, 0.3) is 0 Å². The van der Waals surface area contributed by atoms with E-state index in [0.29, 0.717) is 19.0 Å². The summed E-state index contributed by atoms with van der Waals surface area (Å²) in [5.74, 6) is 0.579. The lowest BCUT2D eigenvalue weighted by atomic mass is 9.84. The molecule has 2 N–H and O–H groups in total. The quantitative estimate of drug-likeness (QED) is 0.832. The maximum atomic E-state index is 12.2. The molecule has 0 bridgehead atoms. The maximum absolute atomic E-state index is 12.2. The van der Waals surface area contributed by atoms with Crippen molar-refractivity contribution in [2.24, 2.45) is 11.7 Å². The molecule has 0 aliphatic heterocycles. The Bertz CT molecular complexity index is 373. The zero-order valence-corrected chi connectivity index (χ0v) is 10.8. The van der Waals surface area contributed by atoms with Gasteiger partial charge in [-0.2, -0.15) is 0 Å². The SMILES string of the molecule is NCCN(CCc1ccccc1)C(=O)C1CCC1. The highest BCUT2D eigenvalue weighted by molar-refractivity contribution is 5.79. The Hall–Kier alpha value is -1.35. The number of carbonyl (C=O) groups excluding carboxylic acids is 1. The Balaban J connectivity index is 1.87. The third kappa shape index (κ3) is 3.33. The molecule has 3 heteroatoms. The number of nitrogens with zero attached hydrogens (tertiary/aromatic N) is 1. The van der Waals surface area contributed by atoms with Gasteiger partial charge in [0.15, 0.2) is 0 Å². The van der Waals surface area contributed by atoms with Gasteiger partial charge in [-0.3, -0.25) is 4.79 Å². The van der Waals surface area contributed by atoms with Crippen molar-refractivity contribution in [3.05, 3.63) is 35.9 Å². The first-order chi connectivity index (χ1) is 8.81. The van der Waals surface area contributed by atoms with Gasteiger partial charge in [-0.05, 0) is 24.8 Å². The van der Waals surface area contributed by atoms with Crippen molar-refractivity contribution in [2.45, 2.75) is 25.7 Å². The molecule has 1 amide bonds. The van der Waals surface area contributed by atoms with E-state index in [-0.39, 0.29) is 5.92 Å². The van der Waals surface area contributed by atoms with Gasteiger partial charge in [0.25, 0.3) is 0 Å². The highest BCUT2D eigenvalue weighted by atomic mass is 16.2. The average molecular weight is 246 g/mol. The van der Waals surface area contributed by atoms with Gasteiger partial charge in [-0.1, -0.05) is 36.8 Å². The number of amides is 1. The Morgan fingerprint density at radius 2 is 1.94 bits per heavy atom. The van der Waals surface area contributed by atoms with Crippen LogP contribution in [0.15, 0.2) is 30.3 Å². The minimum Gasteiger partial charge on any atom is -0.341 e. The number of benzene rings is 1. The number of hydrogen-bond donors (Lipinski definition) is 1. The van der Waals surface area contributed by atoms with Crippen LogP contribution in [0.3, 0.4) is 0 Å². The van der Waals surface area contributed by atoms with Crippen molar-refractivity contribution < 1.29 is 4.79 Å². The molecule has 0 radical (unpaired) electrons. The Morgan fingerprint density at radius 3 is 2.50 bits per heavy atom. The molecule has 0 aromatic heterocycles. The van der Waals surface area contributed by atoms with E-state index in [0.717, 1.165) is 25.8 Å². The lowest BCUT2D eigenvalue weighted by Crippen LogP contribution is -2.42. The number of rotatable bonds is 6. The molecule has 2 rings (SSSR count). The van der Waals surface area contributed by atoms with E-state index in [4.69, 9.17) is 5.73 Å². The topological polar surface area (TPSA) is 46.3 Å². The van der Waals surface area contributed by atoms with E-state index in [9.17, 15) is 4.79 Å². The van der Waals surface area contributed by atoms with Crippen LogP contribution >= 0.6 is 0 Å². The van der Waals surface area contributed by atoms with E-state index < -0.39 is 0 Å². The third-order valence-corrected chi connectivity index (χ3v) is 3.68. The Labute approximate surface area is 109 Å². The van der Waals surface area contributed by atoms with Crippen molar-refractivity contribution in [1.29, 1.82) is 0 Å². The number of carbonyl (C=O) groups is 1. The fourth-order valence-corrected chi connectivity index (χ4v) is 2.31. The van der Waals surface area contributed by atoms with Crippen molar-refractivity contribution in [1.82, 2.24) is 4.90 Å². The Kier molecular flexibility index (Phi) is 4.76. The van der Waals surface area contributed by atoms with Gasteiger partial charge in [-0.25, -0.2) is 0 Å². The summed E-state index contributed by atoms with van der Waals surface area (Å²) in [4.78, 5) is 14.1. The molecule has 1 fully saturated rings. The van der Waals surface area contributed by atoms with E-state index >= 15 is 0 Å². The number of hydrogen-bond acceptors (Lipinski definition) is 2. The lowest BCUT2D eigenvalue weighted by molar-refractivity contribution is -0.138. The van der Waals surface area contributed by atoms with Gasteiger partial charge in [0, 0.05) is 25.6 Å². The fraction of sp³-hybridized carbons (Fsp3) is 0.533. The molecule has 1 saturated carbocycles. The summed E-state index contributed by atoms with van der Waals surface area (Å²) >= 11 is 0. The second-order valence-corrected chi connectivity index (χ2v) is 4.98. The molecule has 0 spiro atoms. The van der Waals surface area contributed by atoms with E-state index in [1.807, 2.05) is 23.1 Å². The molecule has 98 valence electrons. The largest absolute Gasteiger partial charge is 0.341 e.